The number of hydrogen-bond acceptors (Lipinski definition) is 2. The molecule has 0 aliphatic carbocycles. The van der Waals surface area contributed by atoms with E-state index in [9.17, 15) is 26.3 Å². The molecule has 3 aromatic carbocycles. The van der Waals surface area contributed by atoms with Gasteiger partial charge in [0.25, 0.3) is 0 Å². The lowest BCUT2D eigenvalue weighted by molar-refractivity contribution is -0.138. The van der Waals surface area contributed by atoms with Gasteiger partial charge < -0.3 is 10.6 Å². The van der Waals surface area contributed by atoms with Crippen molar-refractivity contribution in [1.29, 1.82) is 0 Å². The molecule has 0 saturated heterocycles. The molecule has 0 saturated carbocycles. The summed E-state index contributed by atoms with van der Waals surface area (Å²) in [6.07, 6.45) is -8.75. The highest BCUT2D eigenvalue weighted by Crippen LogP contribution is 2.30. The van der Waals surface area contributed by atoms with Crippen molar-refractivity contribution in [2.75, 3.05) is 10.6 Å². The largest absolute Gasteiger partial charge is 0.416 e. The molecular formula is C22H18F6N2. The maximum Gasteiger partial charge on any atom is 0.416 e. The van der Waals surface area contributed by atoms with Gasteiger partial charge in [-0.1, -0.05) is 36.4 Å². The molecule has 3 rings (SSSR count). The molecule has 0 unspecified atom stereocenters. The normalized spacial score (nSPS) is 11.9. The van der Waals surface area contributed by atoms with Crippen molar-refractivity contribution in [3.63, 3.8) is 0 Å². The van der Waals surface area contributed by atoms with E-state index in [0.717, 1.165) is 35.6 Å². The van der Waals surface area contributed by atoms with Crippen molar-refractivity contribution in [3.05, 3.63) is 95.1 Å². The van der Waals surface area contributed by atoms with Gasteiger partial charge in [0, 0.05) is 13.1 Å². The van der Waals surface area contributed by atoms with Gasteiger partial charge in [-0.2, -0.15) is 26.3 Å². The van der Waals surface area contributed by atoms with Crippen LogP contribution in [-0.4, -0.2) is 0 Å². The fraction of sp³-hybridized carbons (Fsp3) is 0.182. The van der Waals surface area contributed by atoms with Crippen LogP contribution >= 0.6 is 0 Å². The van der Waals surface area contributed by atoms with Crippen molar-refractivity contribution < 1.29 is 26.3 Å². The average molecular weight is 424 g/mol. The molecular weight excluding hydrogens is 406 g/mol. The second kappa shape index (κ2) is 8.69. The minimum absolute atomic E-state index is 0.317. The molecule has 158 valence electrons. The molecule has 30 heavy (non-hydrogen) atoms. The van der Waals surface area contributed by atoms with Crippen LogP contribution in [0.15, 0.2) is 72.8 Å². The van der Waals surface area contributed by atoms with Crippen molar-refractivity contribution in [2.45, 2.75) is 25.4 Å². The Kier molecular flexibility index (Phi) is 6.24. The lowest BCUT2D eigenvalue weighted by Gasteiger charge is -2.15. The lowest BCUT2D eigenvalue weighted by atomic mass is 10.1. The first kappa shape index (κ1) is 21.5. The van der Waals surface area contributed by atoms with Crippen molar-refractivity contribution >= 4 is 11.4 Å². The van der Waals surface area contributed by atoms with Crippen LogP contribution in [0.4, 0.5) is 37.7 Å². The SMILES string of the molecule is FC(F)(F)c1ccc(CNc2ccccc2NCc2ccc(C(F)(F)F)cc2)cc1. The van der Waals surface area contributed by atoms with E-state index >= 15 is 0 Å². The summed E-state index contributed by atoms with van der Waals surface area (Å²) in [5.74, 6) is 0. The molecule has 0 radical (unpaired) electrons. The van der Waals surface area contributed by atoms with Gasteiger partial charge in [-0.3, -0.25) is 0 Å². The molecule has 0 fully saturated rings. The Morgan fingerprint density at radius 1 is 0.500 bits per heavy atom. The van der Waals surface area contributed by atoms with Gasteiger partial charge in [0.1, 0.15) is 0 Å². The van der Waals surface area contributed by atoms with Crippen LogP contribution in [0.25, 0.3) is 0 Å². The lowest BCUT2D eigenvalue weighted by Crippen LogP contribution is -2.08. The molecule has 0 bridgehead atoms. The summed E-state index contributed by atoms with van der Waals surface area (Å²) in [4.78, 5) is 0. The number of benzene rings is 3. The maximum atomic E-state index is 12.6. The zero-order valence-corrected chi connectivity index (χ0v) is 15.6. The van der Waals surface area contributed by atoms with Gasteiger partial charge in [0.2, 0.25) is 0 Å². The number of halogens is 6. The molecule has 0 amide bonds. The minimum atomic E-state index is -4.37. The smallest absolute Gasteiger partial charge is 0.379 e. The zero-order chi connectivity index (χ0) is 21.8. The number of para-hydroxylation sites is 2. The van der Waals surface area contributed by atoms with Crippen molar-refractivity contribution in [3.8, 4) is 0 Å². The Hall–Kier alpha value is -3.16. The van der Waals surface area contributed by atoms with Gasteiger partial charge in [-0.05, 0) is 47.5 Å². The second-order valence-electron chi connectivity index (χ2n) is 6.64. The van der Waals surface area contributed by atoms with E-state index in [1.807, 2.05) is 0 Å². The molecule has 2 N–H and O–H groups in total. The minimum Gasteiger partial charge on any atom is -0.379 e. The Labute approximate surface area is 169 Å². The van der Waals surface area contributed by atoms with Crippen LogP contribution in [0.1, 0.15) is 22.3 Å². The van der Waals surface area contributed by atoms with E-state index in [-0.39, 0.29) is 0 Å². The summed E-state index contributed by atoms with van der Waals surface area (Å²) < 4.78 is 75.9. The van der Waals surface area contributed by atoms with E-state index in [2.05, 4.69) is 10.6 Å². The second-order valence-corrected chi connectivity index (χ2v) is 6.64. The summed E-state index contributed by atoms with van der Waals surface area (Å²) in [6.45, 7) is 0.633. The monoisotopic (exact) mass is 424 g/mol. The predicted molar refractivity (Wildman–Crippen MR) is 104 cm³/mol. The summed E-state index contributed by atoms with van der Waals surface area (Å²) in [6, 6.07) is 17.0. The van der Waals surface area contributed by atoms with Gasteiger partial charge in [-0.15, -0.1) is 0 Å². The highest BCUT2D eigenvalue weighted by atomic mass is 19.4. The molecule has 3 aromatic rings. The first-order valence-electron chi connectivity index (χ1n) is 9.02. The highest BCUT2D eigenvalue weighted by molar-refractivity contribution is 5.68. The van der Waals surface area contributed by atoms with Gasteiger partial charge in [-0.25, -0.2) is 0 Å². The fourth-order valence-electron chi connectivity index (χ4n) is 2.81. The van der Waals surface area contributed by atoms with E-state index in [0.29, 0.717) is 24.2 Å². The summed E-state index contributed by atoms with van der Waals surface area (Å²) >= 11 is 0. The number of rotatable bonds is 6. The molecule has 0 aromatic heterocycles. The number of alkyl halides is 6. The van der Waals surface area contributed by atoms with E-state index in [4.69, 9.17) is 0 Å². The average Bonchev–Trinajstić information content (AvgIpc) is 2.70. The highest BCUT2D eigenvalue weighted by Gasteiger charge is 2.30. The van der Waals surface area contributed by atoms with Gasteiger partial charge in [0.05, 0.1) is 22.5 Å². The maximum absolute atomic E-state index is 12.6. The Morgan fingerprint density at radius 3 is 1.13 bits per heavy atom. The first-order valence-corrected chi connectivity index (χ1v) is 9.02. The van der Waals surface area contributed by atoms with Crippen LogP contribution in [0.5, 0.6) is 0 Å². The van der Waals surface area contributed by atoms with Crippen molar-refractivity contribution in [2.24, 2.45) is 0 Å². The molecule has 0 atom stereocenters. The third kappa shape index (κ3) is 5.68. The summed E-state index contributed by atoms with van der Waals surface area (Å²) in [7, 11) is 0. The van der Waals surface area contributed by atoms with Crippen LogP contribution in [-0.2, 0) is 25.4 Å². The summed E-state index contributed by atoms with van der Waals surface area (Å²) in [5.41, 5.74) is 1.41. The Balaban J connectivity index is 1.62. The topological polar surface area (TPSA) is 24.1 Å². The number of anilines is 2. The molecule has 0 aliphatic rings. The summed E-state index contributed by atoms with van der Waals surface area (Å²) in [5, 5.41) is 6.32. The van der Waals surface area contributed by atoms with Crippen LogP contribution < -0.4 is 10.6 Å². The van der Waals surface area contributed by atoms with Crippen molar-refractivity contribution in [1.82, 2.24) is 0 Å². The fourth-order valence-corrected chi connectivity index (χ4v) is 2.81. The van der Waals surface area contributed by atoms with Crippen LogP contribution in [0, 0.1) is 0 Å². The molecule has 0 heterocycles. The predicted octanol–water partition coefficient (Wildman–Crippen LogP) is 6.95. The number of nitrogens with one attached hydrogen (secondary N) is 2. The Bertz CT molecular complexity index is 880. The van der Waals surface area contributed by atoms with Crippen LogP contribution in [0.2, 0.25) is 0 Å². The first-order chi connectivity index (χ1) is 14.1. The molecule has 0 spiro atoms. The standard InChI is InChI=1S/C22H18F6N2/c23-21(24,25)17-9-5-15(6-10-17)13-29-19-3-1-2-4-20(19)30-14-16-7-11-18(12-8-16)22(26,27)28/h1-12,29-30H,13-14H2. The van der Waals surface area contributed by atoms with E-state index in [1.165, 1.54) is 24.3 Å². The zero-order valence-electron chi connectivity index (χ0n) is 15.6. The van der Waals surface area contributed by atoms with Gasteiger partial charge >= 0.3 is 12.4 Å². The third-order valence-corrected chi connectivity index (χ3v) is 4.46. The quantitative estimate of drug-likeness (QED) is 0.419. The van der Waals surface area contributed by atoms with E-state index < -0.39 is 23.5 Å². The Morgan fingerprint density at radius 2 is 0.833 bits per heavy atom. The van der Waals surface area contributed by atoms with Gasteiger partial charge in [0.15, 0.2) is 0 Å². The number of hydrogen-bond donors (Lipinski definition) is 2. The molecule has 8 heteroatoms. The third-order valence-electron chi connectivity index (χ3n) is 4.46. The molecule has 2 nitrogen and oxygen atoms in total. The van der Waals surface area contributed by atoms with Crippen LogP contribution in [0.3, 0.4) is 0 Å². The van der Waals surface area contributed by atoms with E-state index in [1.54, 1.807) is 24.3 Å². The molecule has 0 aliphatic heterocycles.